The number of carbonyl (C=O) groups is 1. The molecule has 0 aromatic heterocycles. The fraction of sp³-hybridized carbons (Fsp3) is 0.562. The van der Waals surface area contributed by atoms with Crippen LogP contribution in [0.25, 0.3) is 0 Å². The van der Waals surface area contributed by atoms with Crippen molar-refractivity contribution in [1.29, 1.82) is 0 Å². The lowest BCUT2D eigenvalue weighted by molar-refractivity contribution is -0.145. The first-order chi connectivity index (χ1) is 9.90. The summed E-state index contributed by atoms with van der Waals surface area (Å²) >= 11 is 11.8. The second-order valence-corrected chi connectivity index (χ2v) is 6.39. The highest BCUT2D eigenvalue weighted by Gasteiger charge is 2.20. The Bertz CT molecular complexity index is 461. The first kappa shape index (κ1) is 18.1. The lowest BCUT2D eigenvalue weighted by atomic mass is 10.0. The molecule has 1 atom stereocenters. The lowest BCUT2D eigenvalue weighted by Crippen LogP contribution is -2.27. The number of ether oxygens (including phenoxy) is 1. The summed E-state index contributed by atoms with van der Waals surface area (Å²) in [6.07, 6.45) is 3.73. The van der Waals surface area contributed by atoms with Crippen molar-refractivity contribution in [2.24, 2.45) is 5.92 Å². The van der Waals surface area contributed by atoms with Crippen molar-refractivity contribution in [3.63, 3.8) is 0 Å². The van der Waals surface area contributed by atoms with Gasteiger partial charge in [-0.15, -0.1) is 0 Å². The molecule has 0 aliphatic carbocycles. The Labute approximate surface area is 136 Å². The monoisotopic (exact) mass is 332 g/mol. The number of halogens is 2. The van der Waals surface area contributed by atoms with Crippen LogP contribution in [-0.2, 0) is 4.79 Å². The molecule has 0 aliphatic rings. The molecule has 0 heterocycles. The van der Waals surface area contributed by atoms with Crippen molar-refractivity contribution in [2.45, 2.75) is 52.1 Å². The molecule has 5 heteroatoms. The standard InChI is InChI=1S/C16H22Cl2O3/c1-11(2)6-4-3-5-7-15(16(19)20)21-14-9-8-12(17)10-13(14)18/h8-11,15H,3-7H2,1-2H3,(H,19,20). The molecule has 1 aromatic carbocycles. The highest BCUT2D eigenvalue weighted by Crippen LogP contribution is 2.29. The van der Waals surface area contributed by atoms with E-state index in [-0.39, 0.29) is 0 Å². The summed E-state index contributed by atoms with van der Waals surface area (Å²) in [5.74, 6) is 0.0740. The summed E-state index contributed by atoms with van der Waals surface area (Å²) in [6, 6.07) is 4.77. The smallest absolute Gasteiger partial charge is 0.344 e. The third-order valence-electron chi connectivity index (χ3n) is 3.19. The molecule has 118 valence electrons. The zero-order chi connectivity index (χ0) is 15.8. The lowest BCUT2D eigenvalue weighted by Gasteiger charge is -2.16. The highest BCUT2D eigenvalue weighted by molar-refractivity contribution is 6.35. The van der Waals surface area contributed by atoms with Gasteiger partial charge >= 0.3 is 5.97 Å². The predicted molar refractivity (Wildman–Crippen MR) is 86.4 cm³/mol. The molecular weight excluding hydrogens is 311 g/mol. The maximum absolute atomic E-state index is 11.3. The third-order valence-corrected chi connectivity index (χ3v) is 3.72. The number of benzene rings is 1. The molecule has 0 fully saturated rings. The van der Waals surface area contributed by atoms with Crippen LogP contribution in [0.5, 0.6) is 5.75 Å². The van der Waals surface area contributed by atoms with Gasteiger partial charge in [0.2, 0.25) is 0 Å². The molecule has 0 aliphatic heterocycles. The minimum absolute atomic E-state index is 0.327. The molecule has 1 aromatic rings. The summed E-state index contributed by atoms with van der Waals surface area (Å²) in [6.45, 7) is 4.37. The van der Waals surface area contributed by atoms with E-state index in [4.69, 9.17) is 27.9 Å². The minimum atomic E-state index is -0.968. The summed E-state index contributed by atoms with van der Waals surface area (Å²) in [5.41, 5.74) is 0. The van der Waals surface area contributed by atoms with Crippen LogP contribution >= 0.6 is 23.2 Å². The van der Waals surface area contributed by atoms with E-state index >= 15 is 0 Å². The van der Waals surface area contributed by atoms with Crippen molar-refractivity contribution in [3.05, 3.63) is 28.2 Å². The number of hydrogen-bond donors (Lipinski definition) is 1. The Kier molecular flexibility index (Phi) is 7.91. The summed E-state index contributed by atoms with van der Waals surface area (Å²) in [5, 5.41) is 10.1. The van der Waals surface area contributed by atoms with E-state index in [1.807, 2.05) is 0 Å². The van der Waals surface area contributed by atoms with Gasteiger partial charge in [-0.25, -0.2) is 4.79 Å². The zero-order valence-corrected chi connectivity index (χ0v) is 14.0. The van der Waals surface area contributed by atoms with E-state index in [9.17, 15) is 9.90 Å². The largest absolute Gasteiger partial charge is 0.479 e. The van der Waals surface area contributed by atoms with Gasteiger partial charge in [0.1, 0.15) is 5.75 Å². The summed E-state index contributed by atoms with van der Waals surface area (Å²) in [7, 11) is 0. The molecule has 0 amide bonds. The van der Waals surface area contributed by atoms with Gasteiger partial charge in [0, 0.05) is 5.02 Å². The summed E-state index contributed by atoms with van der Waals surface area (Å²) in [4.78, 5) is 11.3. The van der Waals surface area contributed by atoms with Gasteiger partial charge in [-0.3, -0.25) is 0 Å². The van der Waals surface area contributed by atoms with Gasteiger partial charge in [-0.2, -0.15) is 0 Å². The van der Waals surface area contributed by atoms with Crippen LogP contribution < -0.4 is 4.74 Å². The van der Waals surface area contributed by atoms with Gasteiger partial charge in [0.25, 0.3) is 0 Å². The molecule has 21 heavy (non-hydrogen) atoms. The third kappa shape index (κ3) is 7.05. The Hall–Kier alpha value is -0.930. The molecule has 0 saturated heterocycles. The van der Waals surface area contributed by atoms with Crippen LogP contribution in [0.2, 0.25) is 10.0 Å². The quantitative estimate of drug-likeness (QED) is 0.613. The first-order valence-electron chi connectivity index (χ1n) is 7.24. The number of unbranched alkanes of at least 4 members (excludes halogenated alkanes) is 2. The van der Waals surface area contributed by atoms with Gasteiger partial charge in [0.15, 0.2) is 6.10 Å². The van der Waals surface area contributed by atoms with Crippen molar-refractivity contribution in [2.75, 3.05) is 0 Å². The van der Waals surface area contributed by atoms with Crippen LogP contribution in [0, 0.1) is 5.92 Å². The van der Waals surface area contributed by atoms with Crippen LogP contribution in [0.4, 0.5) is 0 Å². The number of aliphatic carboxylic acids is 1. The number of carboxylic acids is 1. The SMILES string of the molecule is CC(C)CCCCCC(Oc1ccc(Cl)cc1Cl)C(=O)O. The molecule has 0 bridgehead atoms. The van der Waals surface area contributed by atoms with Crippen LogP contribution in [0.1, 0.15) is 46.0 Å². The zero-order valence-electron chi connectivity index (χ0n) is 12.4. The molecule has 1 rings (SSSR count). The topological polar surface area (TPSA) is 46.5 Å². The highest BCUT2D eigenvalue weighted by atomic mass is 35.5. The maximum Gasteiger partial charge on any atom is 0.344 e. The summed E-state index contributed by atoms with van der Waals surface area (Å²) < 4.78 is 5.50. The molecule has 3 nitrogen and oxygen atoms in total. The van der Waals surface area contributed by atoms with E-state index in [2.05, 4.69) is 13.8 Å². The molecular formula is C16H22Cl2O3. The van der Waals surface area contributed by atoms with E-state index in [0.717, 1.165) is 19.3 Å². The van der Waals surface area contributed by atoms with Gasteiger partial charge in [-0.05, 0) is 37.0 Å². The number of carboxylic acid groups (broad SMARTS) is 1. The van der Waals surface area contributed by atoms with E-state index in [0.29, 0.717) is 28.1 Å². The maximum atomic E-state index is 11.3. The van der Waals surface area contributed by atoms with Gasteiger partial charge in [0.05, 0.1) is 5.02 Å². The Balaban J connectivity index is 2.48. The predicted octanol–water partition coefficient (Wildman–Crippen LogP) is 5.43. The van der Waals surface area contributed by atoms with Crippen LogP contribution in [-0.4, -0.2) is 17.2 Å². The Morgan fingerprint density at radius 3 is 2.43 bits per heavy atom. The molecule has 0 saturated carbocycles. The second kappa shape index (κ2) is 9.16. The van der Waals surface area contributed by atoms with Gasteiger partial charge in [-0.1, -0.05) is 56.3 Å². The Morgan fingerprint density at radius 2 is 1.86 bits per heavy atom. The van der Waals surface area contributed by atoms with E-state index in [1.54, 1.807) is 18.2 Å². The van der Waals surface area contributed by atoms with Crippen LogP contribution in [0.15, 0.2) is 18.2 Å². The van der Waals surface area contributed by atoms with Crippen molar-refractivity contribution < 1.29 is 14.6 Å². The molecule has 0 spiro atoms. The normalized spacial score (nSPS) is 12.4. The minimum Gasteiger partial charge on any atom is -0.479 e. The van der Waals surface area contributed by atoms with Gasteiger partial charge < -0.3 is 9.84 Å². The van der Waals surface area contributed by atoms with Crippen molar-refractivity contribution in [3.8, 4) is 5.75 Å². The fourth-order valence-electron chi connectivity index (χ4n) is 2.02. The first-order valence-corrected chi connectivity index (χ1v) is 8.00. The molecule has 1 N–H and O–H groups in total. The Morgan fingerprint density at radius 1 is 1.19 bits per heavy atom. The molecule has 1 unspecified atom stereocenters. The van der Waals surface area contributed by atoms with E-state index < -0.39 is 12.1 Å². The molecule has 0 radical (unpaired) electrons. The number of rotatable bonds is 9. The van der Waals surface area contributed by atoms with Crippen LogP contribution in [0.3, 0.4) is 0 Å². The average molecular weight is 333 g/mol. The number of hydrogen-bond acceptors (Lipinski definition) is 2. The average Bonchev–Trinajstić information content (AvgIpc) is 2.38. The fourth-order valence-corrected chi connectivity index (χ4v) is 2.47. The van der Waals surface area contributed by atoms with Crippen molar-refractivity contribution in [1.82, 2.24) is 0 Å². The van der Waals surface area contributed by atoms with Crippen molar-refractivity contribution >= 4 is 29.2 Å². The second-order valence-electron chi connectivity index (χ2n) is 5.55. The van der Waals surface area contributed by atoms with E-state index in [1.165, 1.54) is 6.42 Å².